The van der Waals surface area contributed by atoms with Crippen LogP contribution in [0.2, 0.25) is 0 Å². The summed E-state index contributed by atoms with van der Waals surface area (Å²) in [6.07, 6.45) is 2.71. The maximum atomic E-state index is 5.44. The lowest BCUT2D eigenvalue weighted by Crippen LogP contribution is -2.01. The highest BCUT2D eigenvalue weighted by molar-refractivity contribution is 4.93. The first-order valence-electron chi connectivity index (χ1n) is 5.80. The van der Waals surface area contributed by atoms with Crippen molar-refractivity contribution in [2.24, 2.45) is 5.73 Å². The smallest absolute Gasteiger partial charge is 0.248 e. The van der Waals surface area contributed by atoms with E-state index in [1.165, 1.54) is 0 Å². The molecule has 2 heterocycles. The van der Waals surface area contributed by atoms with Crippen LogP contribution < -0.4 is 5.73 Å². The van der Waals surface area contributed by atoms with Crippen LogP contribution in [0.3, 0.4) is 0 Å². The molecule has 2 aromatic heterocycles. The molecular formula is C10H16N6O2. The summed E-state index contributed by atoms with van der Waals surface area (Å²) in [6, 6.07) is 0. The van der Waals surface area contributed by atoms with E-state index in [-0.39, 0.29) is 0 Å². The van der Waals surface area contributed by atoms with Crippen molar-refractivity contribution < 1.29 is 9.26 Å². The highest BCUT2D eigenvalue weighted by atomic mass is 16.5. The average Bonchev–Trinajstić information content (AvgIpc) is 3.00. The predicted octanol–water partition coefficient (Wildman–Crippen LogP) is 0.0947. The number of hydrogen-bond acceptors (Lipinski definition) is 7. The molecule has 0 radical (unpaired) electrons. The van der Waals surface area contributed by atoms with E-state index in [4.69, 9.17) is 15.0 Å². The lowest BCUT2D eigenvalue weighted by molar-refractivity contribution is 0.114. The molecule has 0 aromatic carbocycles. The molecule has 0 atom stereocenters. The standard InChI is InChI=1S/C10H16N6O2/c1-2-3-17-7-9-12-10(18-14-9)6-16-5-8(4-11)13-15-16/h5H,2-4,6-7,11H2,1H3. The molecular weight excluding hydrogens is 236 g/mol. The number of hydrogen-bond donors (Lipinski definition) is 1. The summed E-state index contributed by atoms with van der Waals surface area (Å²) in [7, 11) is 0. The lowest BCUT2D eigenvalue weighted by atomic mass is 10.5. The van der Waals surface area contributed by atoms with Crippen molar-refractivity contribution in [2.75, 3.05) is 6.61 Å². The SMILES string of the molecule is CCCOCc1noc(Cn2cc(CN)nn2)n1. The molecule has 0 unspecified atom stereocenters. The molecule has 0 aliphatic rings. The van der Waals surface area contributed by atoms with Crippen LogP contribution in [-0.4, -0.2) is 31.7 Å². The van der Waals surface area contributed by atoms with Gasteiger partial charge in [0.15, 0.2) is 5.82 Å². The number of nitrogens with zero attached hydrogens (tertiary/aromatic N) is 5. The van der Waals surface area contributed by atoms with Gasteiger partial charge in [-0.25, -0.2) is 4.68 Å². The molecule has 8 heteroatoms. The molecule has 2 aromatic rings. The van der Waals surface area contributed by atoms with Crippen LogP contribution in [0, 0.1) is 0 Å². The number of rotatable bonds is 7. The summed E-state index contributed by atoms with van der Waals surface area (Å²) in [5, 5.41) is 11.6. The maximum Gasteiger partial charge on any atom is 0.248 e. The summed E-state index contributed by atoms with van der Waals surface area (Å²) >= 11 is 0. The second-order valence-electron chi connectivity index (χ2n) is 3.77. The molecule has 0 aliphatic carbocycles. The van der Waals surface area contributed by atoms with Crippen molar-refractivity contribution in [1.82, 2.24) is 25.1 Å². The van der Waals surface area contributed by atoms with E-state index in [0.717, 1.165) is 12.1 Å². The average molecular weight is 252 g/mol. The highest BCUT2D eigenvalue weighted by Gasteiger charge is 2.08. The molecule has 0 spiro atoms. The van der Waals surface area contributed by atoms with Crippen LogP contribution in [0.5, 0.6) is 0 Å². The Morgan fingerprint density at radius 2 is 2.39 bits per heavy atom. The zero-order chi connectivity index (χ0) is 12.8. The lowest BCUT2D eigenvalue weighted by Gasteiger charge is -1.95. The van der Waals surface area contributed by atoms with Gasteiger partial charge in [-0.15, -0.1) is 5.10 Å². The minimum atomic E-state index is 0.361. The predicted molar refractivity (Wildman–Crippen MR) is 61.3 cm³/mol. The van der Waals surface area contributed by atoms with Crippen molar-refractivity contribution in [3.63, 3.8) is 0 Å². The van der Waals surface area contributed by atoms with Crippen LogP contribution in [0.4, 0.5) is 0 Å². The Morgan fingerprint density at radius 3 is 3.11 bits per heavy atom. The van der Waals surface area contributed by atoms with E-state index in [1.54, 1.807) is 10.9 Å². The third-order valence-electron chi connectivity index (χ3n) is 2.18. The molecule has 8 nitrogen and oxygen atoms in total. The monoisotopic (exact) mass is 252 g/mol. The third-order valence-corrected chi connectivity index (χ3v) is 2.18. The van der Waals surface area contributed by atoms with Crippen molar-refractivity contribution in [3.8, 4) is 0 Å². The molecule has 0 amide bonds. The first-order valence-corrected chi connectivity index (χ1v) is 5.80. The quantitative estimate of drug-likeness (QED) is 0.696. The second-order valence-corrected chi connectivity index (χ2v) is 3.77. The Labute approximate surface area is 104 Å². The van der Waals surface area contributed by atoms with Gasteiger partial charge in [-0.3, -0.25) is 0 Å². The molecule has 0 saturated carbocycles. The van der Waals surface area contributed by atoms with Gasteiger partial charge in [-0.05, 0) is 6.42 Å². The number of nitrogens with two attached hydrogens (primary N) is 1. The van der Waals surface area contributed by atoms with Crippen LogP contribution in [0.25, 0.3) is 0 Å². The third kappa shape index (κ3) is 3.34. The Hall–Kier alpha value is -1.80. The summed E-state index contributed by atoms with van der Waals surface area (Å²) in [4.78, 5) is 4.19. The fourth-order valence-electron chi connectivity index (χ4n) is 1.37. The van der Waals surface area contributed by atoms with Gasteiger partial charge in [0, 0.05) is 13.2 Å². The van der Waals surface area contributed by atoms with Gasteiger partial charge in [-0.2, -0.15) is 4.98 Å². The van der Waals surface area contributed by atoms with Crippen molar-refractivity contribution in [1.29, 1.82) is 0 Å². The minimum Gasteiger partial charge on any atom is -0.373 e. The summed E-state index contributed by atoms with van der Waals surface area (Å²) in [5.41, 5.74) is 6.17. The van der Waals surface area contributed by atoms with E-state index in [9.17, 15) is 0 Å². The molecule has 0 aliphatic heterocycles. The summed E-state index contributed by atoms with van der Waals surface area (Å²) in [6.45, 7) is 3.84. The molecule has 0 saturated heterocycles. The maximum absolute atomic E-state index is 5.44. The first kappa shape index (κ1) is 12.7. The number of ether oxygens (including phenoxy) is 1. The molecule has 0 fully saturated rings. The molecule has 2 N–H and O–H groups in total. The largest absolute Gasteiger partial charge is 0.373 e. The van der Waals surface area contributed by atoms with E-state index in [1.807, 2.05) is 6.92 Å². The van der Waals surface area contributed by atoms with Gasteiger partial charge in [0.05, 0.1) is 11.9 Å². The van der Waals surface area contributed by atoms with Crippen molar-refractivity contribution in [3.05, 3.63) is 23.6 Å². The van der Waals surface area contributed by atoms with Gasteiger partial charge < -0.3 is 15.0 Å². The molecule has 18 heavy (non-hydrogen) atoms. The summed E-state index contributed by atoms with van der Waals surface area (Å²) < 4.78 is 12.0. The zero-order valence-corrected chi connectivity index (χ0v) is 10.2. The van der Waals surface area contributed by atoms with Gasteiger partial charge in [0.1, 0.15) is 13.2 Å². The van der Waals surface area contributed by atoms with Crippen molar-refractivity contribution >= 4 is 0 Å². The molecule has 98 valence electrons. The van der Waals surface area contributed by atoms with Crippen molar-refractivity contribution in [2.45, 2.75) is 33.0 Å². The van der Waals surface area contributed by atoms with Crippen LogP contribution in [0.15, 0.2) is 10.7 Å². The normalized spacial score (nSPS) is 11.0. The fraction of sp³-hybridized carbons (Fsp3) is 0.600. The Morgan fingerprint density at radius 1 is 1.50 bits per heavy atom. The first-order chi connectivity index (χ1) is 8.81. The zero-order valence-electron chi connectivity index (χ0n) is 10.2. The summed E-state index contributed by atoms with van der Waals surface area (Å²) in [5.74, 6) is 1.01. The van der Waals surface area contributed by atoms with Gasteiger partial charge in [0.25, 0.3) is 0 Å². The fourth-order valence-corrected chi connectivity index (χ4v) is 1.37. The van der Waals surface area contributed by atoms with Gasteiger partial charge in [0.2, 0.25) is 5.89 Å². The van der Waals surface area contributed by atoms with E-state index >= 15 is 0 Å². The molecule has 2 rings (SSSR count). The Bertz CT molecular complexity index is 480. The topological polar surface area (TPSA) is 105 Å². The second kappa shape index (κ2) is 6.22. The Balaban J connectivity index is 1.89. The van der Waals surface area contributed by atoms with Crippen LogP contribution >= 0.6 is 0 Å². The number of aromatic nitrogens is 5. The Kier molecular flexibility index (Phi) is 4.37. The molecule has 0 bridgehead atoms. The van der Waals surface area contributed by atoms with Crippen LogP contribution in [0.1, 0.15) is 30.8 Å². The minimum absolute atomic E-state index is 0.361. The van der Waals surface area contributed by atoms with E-state index in [2.05, 4.69) is 20.5 Å². The van der Waals surface area contributed by atoms with Gasteiger partial charge in [-0.1, -0.05) is 17.3 Å². The highest BCUT2D eigenvalue weighted by Crippen LogP contribution is 2.02. The van der Waals surface area contributed by atoms with Crippen LogP contribution in [-0.2, 0) is 24.4 Å². The van der Waals surface area contributed by atoms with E-state index in [0.29, 0.717) is 38.0 Å². The van der Waals surface area contributed by atoms with Gasteiger partial charge >= 0.3 is 0 Å². The van der Waals surface area contributed by atoms with E-state index < -0.39 is 0 Å².